The van der Waals surface area contributed by atoms with Crippen molar-refractivity contribution in [3.05, 3.63) is 81.5 Å². The summed E-state index contributed by atoms with van der Waals surface area (Å²) in [7, 11) is 0. The minimum Gasteiger partial charge on any atom is -0.454 e. The van der Waals surface area contributed by atoms with E-state index in [0.29, 0.717) is 27.6 Å². The standard InChI is InChI=1S/C25H24N2O5S2/c1-16-7-9-18(10-8-16)27-24(30)15-33-22-6-4-3-5-20(22)25(31)32-14-21(29)23-12-11-19(34-23)13-26-17(2)28/h3-12H,13-15H2,1-2H3,(H,26,28)(H,27,30). The van der Waals surface area contributed by atoms with Gasteiger partial charge in [0, 0.05) is 22.4 Å². The van der Waals surface area contributed by atoms with Crippen molar-refractivity contribution in [3.8, 4) is 0 Å². The molecule has 3 aromatic rings. The van der Waals surface area contributed by atoms with Crippen molar-refractivity contribution < 1.29 is 23.9 Å². The smallest absolute Gasteiger partial charge is 0.339 e. The van der Waals surface area contributed by atoms with Crippen LogP contribution in [0.1, 0.15) is 37.4 Å². The van der Waals surface area contributed by atoms with Crippen LogP contribution in [0.2, 0.25) is 0 Å². The highest BCUT2D eigenvalue weighted by Gasteiger charge is 2.17. The lowest BCUT2D eigenvalue weighted by atomic mass is 10.2. The number of Topliss-reactive ketones (excluding diaryl/α,β-unsaturated/α-hetero) is 1. The van der Waals surface area contributed by atoms with E-state index < -0.39 is 12.6 Å². The topological polar surface area (TPSA) is 102 Å². The third kappa shape index (κ3) is 7.57. The predicted molar refractivity (Wildman–Crippen MR) is 133 cm³/mol. The van der Waals surface area contributed by atoms with E-state index in [0.717, 1.165) is 10.4 Å². The van der Waals surface area contributed by atoms with E-state index in [2.05, 4.69) is 10.6 Å². The number of benzene rings is 2. The molecule has 176 valence electrons. The Hall–Kier alpha value is -3.43. The van der Waals surface area contributed by atoms with Gasteiger partial charge in [-0.2, -0.15) is 0 Å². The quantitative estimate of drug-likeness (QED) is 0.244. The largest absolute Gasteiger partial charge is 0.454 e. The van der Waals surface area contributed by atoms with Crippen LogP contribution >= 0.6 is 23.1 Å². The zero-order valence-corrected chi connectivity index (χ0v) is 20.4. The van der Waals surface area contributed by atoms with E-state index in [1.807, 2.05) is 31.2 Å². The number of nitrogens with one attached hydrogen (secondary N) is 2. The second kappa shape index (κ2) is 12.2. The van der Waals surface area contributed by atoms with Gasteiger partial charge in [-0.3, -0.25) is 14.4 Å². The van der Waals surface area contributed by atoms with Gasteiger partial charge in [0.25, 0.3) is 0 Å². The molecule has 0 bridgehead atoms. The molecule has 3 rings (SSSR count). The van der Waals surface area contributed by atoms with E-state index in [-0.39, 0.29) is 23.4 Å². The first-order valence-corrected chi connectivity index (χ1v) is 12.2. The van der Waals surface area contributed by atoms with Crippen molar-refractivity contribution in [2.24, 2.45) is 0 Å². The van der Waals surface area contributed by atoms with Crippen molar-refractivity contribution in [2.45, 2.75) is 25.3 Å². The molecule has 9 heteroatoms. The zero-order chi connectivity index (χ0) is 24.5. The van der Waals surface area contributed by atoms with Gasteiger partial charge in [-0.15, -0.1) is 23.1 Å². The summed E-state index contributed by atoms with van der Waals surface area (Å²) in [6.45, 7) is 3.34. The molecular weight excluding hydrogens is 472 g/mol. The van der Waals surface area contributed by atoms with Crippen LogP contribution in [0.15, 0.2) is 65.6 Å². The van der Waals surface area contributed by atoms with Crippen molar-refractivity contribution in [3.63, 3.8) is 0 Å². The van der Waals surface area contributed by atoms with Crippen LogP contribution in [0.4, 0.5) is 5.69 Å². The van der Waals surface area contributed by atoms with Crippen molar-refractivity contribution in [1.29, 1.82) is 0 Å². The number of ketones is 1. The van der Waals surface area contributed by atoms with Crippen LogP contribution < -0.4 is 10.6 Å². The summed E-state index contributed by atoms with van der Waals surface area (Å²) in [4.78, 5) is 50.2. The number of anilines is 1. The number of esters is 1. The Bertz CT molecular complexity index is 1190. The Kier molecular flexibility index (Phi) is 9.00. The van der Waals surface area contributed by atoms with E-state index >= 15 is 0 Å². The van der Waals surface area contributed by atoms with Crippen LogP contribution in [0.25, 0.3) is 0 Å². The first-order valence-electron chi connectivity index (χ1n) is 10.4. The lowest BCUT2D eigenvalue weighted by Crippen LogP contribution is -2.18. The summed E-state index contributed by atoms with van der Waals surface area (Å²) in [5, 5.41) is 5.49. The third-order valence-electron chi connectivity index (χ3n) is 4.58. The molecule has 0 unspecified atom stereocenters. The molecular formula is C25H24N2O5S2. The maximum Gasteiger partial charge on any atom is 0.339 e. The number of thioether (sulfide) groups is 1. The molecule has 7 nitrogen and oxygen atoms in total. The number of aryl methyl sites for hydroxylation is 1. The average molecular weight is 497 g/mol. The highest BCUT2D eigenvalue weighted by Crippen LogP contribution is 2.24. The monoisotopic (exact) mass is 496 g/mol. The van der Waals surface area contributed by atoms with Gasteiger partial charge < -0.3 is 15.4 Å². The molecule has 0 radical (unpaired) electrons. The number of carbonyl (C=O) groups is 4. The summed E-state index contributed by atoms with van der Waals surface area (Å²) in [6, 6.07) is 17.7. The Morgan fingerprint density at radius 1 is 0.971 bits per heavy atom. The van der Waals surface area contributed by atoms with Gasteiger partial charge in [-0.25, -0.2) is 4.79 Å². The SMILES string of the molecule is CC(=O)NCc1ccc(C(=O)COC(=O)c2ccccc2SCC(=O)Nc2ccc(C)cc2)s1. The Morgan fingerprint density at radius 3 is 2.44 bits per heavy atom. The first kappa shape index (κ1) is 25.2. The lowest BCUT2D eigenvalue weighted by molar-refractivity contribution is -0.119. The molecule has 0 spiro atoms. The summed E-state index contributed by atoms with van der Waals surface area (Å²) in [5.74, 6) is -1.19. The molecule has 2 amide bonds. The number of rotatable bonds is 10. The van der Waals surface area contributed by atoms with E-state index in [4.69, 9.17) is 4.74 Å². The Balaban J connectivity index is 1.53. The minimum atomic E-state index is -0.634. The fourth-order valence-corrected chi connectivity index (χ4v) is 4.56. The molecule has 2 aromatic carbocycles. The highest BCUT2D eigenvalue weighted by atomic mass is 32.2. The average Bonchev–Trinajstić information content (AvgIpc) is 3.30. The summed E-state index contributed by atoms with van der Waals surface area (Å²) < 4.78 is 5.24. The fraction of sp³-hybridized carbons (Fsp3) is 0.200. The number of hydrogen-bond acceptors (Lipinski definition) is 7. The summed E-state index contributed by atoms with van der Waals surface area (Å²) in [6.07, 6.45) is 0. The van der Waals surface area contributed by atoms with Crippen LogP contribution in [0.5, 0.6) is 0 Å². The number of hydrogen-bond donors (Lipinski definition) is 2. The van der Waals surface area contributed by atoms with E-state index in [1.165, 1.54) is 30.0 Å². The normalized spacial score (nSPS) is 10.4. The van der Waals surface area contributed by atoms with Gasteiger partial charge in [0.05, 0.1) is 22.7 Å². The second-order valence-electron chi connectivity index (χ2n) is 7.37. The highest BCUT2D eigenvalue weighted by molar-refractivity contribution is 8.00. The number of ether oxygens (including phenoxy) is 1. The summed E-state index contributed by atoms with van der Waals surface area (Å²) >= 11 is 2.46. The van der Waals surface area contributed by atoms with Gasteiger partial charge in [0.1, 0.15) is 0 Å². The molecule has 0 atom stereocenters. The predicted octanol–water partition coefficient (Wildman–Crippen LogP) is 4.46. The van der Waals surface area contributed by atoms with Gasteiger partial charge in [-0.1, -0.05) is 29.8 Å². The van der Waals surface area contributed by atoms with Gasteiger partial charge in [0.15, 0.2) is 6.61 Å². The molecule has 34 heavy (non-hydrogen) atoms. The van der Waals surface area contributed by atoms with Gasteiger partial charge >= 0.3 is 5.97 Å². The Labute approximate surface area is 205 Å². The van der Waals surface area contributed by atoms with Gasteiger partial charge in [0.2, 0.25) is 17.6 Å². The van der Waals surface area contributed by atoms with Crippen molar-refractivity contribution in [1.82, 2.24) is 5.32 Å². The lowest BCUT2D eigenvalue weighted by Gasteiger charge is -2.09. The Morgan fingerprint density at radius 2 is 1.71 bits per heavy atom. The minimum absolute atomic E-state index is 0.114. The molecule has 0 saturated carbocycles. The van der Waals surface area contributed by atoms with E-state index in [1.54, 1.807) is 36.4 Å². The zero-order valence-electron chi connectivity index (χ0n) is 18.8. The van der Waals surface area contributed by atoms with Crippen LogP contribution in [-0.2, 0) is 20.9 Å². The number of amides is 2. The van der Waals surface area contributed by atoms with E-state index in [9.17, 15) is 19.2 Å². The van der Waals surface area contributed by atoms with Crippen LogP contribution in [-0.4, -0.2) is 35.9 Å². The third-order valence-corrected chi connectivity index (χ3v) is 6.78. The fourth-order valence-electron chi connectivity index (χ4n) is 2.85. The molecule has 0 aliphatic rings. The maximum absolute atomic E-state index is 12.6. The molecule has 1 heterocycles. The molecule has 0 aliphatic carbocycles. The molecule has 0 fully saturated rings. The van der Waals surface area contributed by atoms with Crippen molar-refractivity contribution in [2.75, 3.05) is 17.7 Å². The van der Waals surface area contributed by atoms with Gasteiger partial charge in [-0.05, 0) is 43.3 Å². The summed E-state index contributed by atoms with van der Waals surface area (Å²) in [5.41, 5.74) is 2.10. The molecule has 2 N–H and O–H groups in total. The van der Waals surface area contributed by atoms with Crippen LogP contribution in [0.3, 0.4) is 0 Å². The van der Waals surface area contributed by atoms with Crippen molar-refractivity contribution >= 4 is 52.4 Å². The number of carbonyl (C=O) groups excluding carboxylic acids is 4. The number of thiophene rings is 1. The second-order valence-corrected chi connectivity index (χ2v) is 9.56. The first-order chi connectivity index (χ1) is 16.3. The molecule has 1 aromatic heterocycles. The molecule has 0 saturated heterocycles. The maximum atomic E-state index is 12.6. The van der Waals surface area contributed by atoms with Crippen LogP contribution in [0, 0.1) is 6.92 Å². The molecule has 0 aliphatic heterocycles.